The maximum Gasteiger partial charge on any atom is 0.0511 e. The largest absolute Gasteiger partial charge is 0.326 e. The van der Waals surface area contributed by atoms with Crippen LogP contribution in [0.2, 0.25) is 0 Å². The molecule has 2 aromatic rings. The van der Waals surface area contributed by atoms with Crippen LogP contribution in [0, 0.1) is 0 Å². The van der Waals surface area contributed by atoms with E-state index in [1.54, 1.807) is 0 Å². The summed E-state index contributed by atoms with van der Waals surface area (Å²) in [5.74, 6) is 0. The average molecular weight is 348 g/mol. The fourth-order valence-electron chi connectivity index (χ4n) is 2.66. The first-order chi connectivity index (χ1) is 10.1. The van der Waals surface area contributed by atoms with E-state index in [2.05, 4.69) is 70.0 Å². The van der Waals surface area contributed by atoms with E-state index in [1.165, 1.54) is 11.1 Å². The number of likely N-dealkylation sites (N-methyl/N-ethyl adjacent to an activating group) is 1. The first-order valence-corrected chi connectivity index (χ1v) is 8.05. The topological polar surface area (TPSA) is 42.2 Å². The highest BCUT2D eigenvalue weighted by molar-refractivity contribution is 9.10. The van der Waals surface area contributed by atoms with Crippen LogP contribution in [-0.2, 0) is 6.54 Å². The van der Waals surface area contributed by atoms with Crippen molar-refractivity contribution in [2.24, 2.45) is 5.73 Å². The number of aromatic nitrogens is 1. The second-order valence-corrected chi connectivity index (χ2v) is 6.10. The molecule has 0 bridgehead atoms. The van der Waals surface area contributed by atoms with Gasteiger partial charge in [0, 0.05) is 29.5 Å². The predicted octanol–water partition coefficient (Wildman–Crippen LogP) is 3.75. The lowest BCUT2D eigenvalue weighted by atomic mass is 9.98. The van der Waals surface area contributed by atoms with Gasteiger partial charge in [-0.15, -0.1) is 0 Å². The molecule has 2 unspecified atom stereocenters. The Morgan fingerprint density at radius 3 is 2.43 bits per heavy atom. The Morgan fingerprint density at radius 2 is 1.86 bits per heavy atom. The summed E-state index contributed by atoms with van der Waals surface area (Å²) in [6.45, 7) is 6.05. The van der Waals surface area contributed by atoms with Crippen molar-refractivity contribution in [1.29, 1.82) is 0 Å². The van der Waals surface area contributed by atoms with E-state index in [4.69, 9.17) is 5.73 Å². The van der Waals surface area contributed by atoms with Gasteiger partial charge in [0.05, 0.1) is 6.04 Å². The average Bonchev–Trinajstić information content (AvgIpc) is 2.49. The molecule has 0 amide bonds. The van der Waals surface area contributed by atoms with Crippen LogP contribution in [0.5, 0.6) is 0 Å². The number of rotatable bonds is 6. The minimum absolute atomic E-state index is 0.0467. The maximum absolute atomic E-state index is 6.29. The van der Waals surface area contributed by atoms with Gasteiger partial charge in [0.15, 0.2) is 0 Å². The molecule has 3 nitrogen and oxygen atoms in total. The Labute approximate surface area is 135 Å². The molecule has 1 aromatic heterocycles. The minimum atomic E-state index is 0.0467. The molecule has 0 aliphatic heterocycles. The fraction of sp³-hybridized carbons (Fsp3) is 0.353. The van der Waals surface area contributed by atoms with Crippen molar-refractivity contribution < 1.29 is 0 Å². The number of benzene rings is 1. The summed E-state index contributed by atoms with van der Waals surface area (Å²) < 4.78 is 1.11. The second kappa shape index (κ2) is 7.69. The summed E-state index contributed by atoms with van der Waals surface area (Å²) in [6.07, 6.45) is 3.67. The van der Waals surface area contributed by atoms with Crippen molar-refractivity contribution >= 4 is 15.9 Å². The van der Waals surface area contributed by atoms with Crippen molar-refractivity contribution in [3.63, 3.8) is 0 Å². The molecular weight excluding hydrogens is 326 g/mol. The van der Waals surface area contributed by atoms with Crippen LogP contribution < -0.4 is 5.73 Å². The van der Waals surface area contributed by atoms with Crippen LogP contribution >= 0.6 is 15.9 Å². The van der Waals surface area contributed by atoms with Gasteiger partial charge in [0.1, 0.15) is 0 Å². The van der Waals surface area contributed by atoms with Gasteiger partial charge in [-0.1, -0.05) is 41.1 Å². The molecule has 1 aromatic carbocycles. The summed E-state index contributed by atoms with van der Waals surface area (Å²) in [7, 11) is 0. The van der Waals surface area contributed by atoms with E-state index in [1.807, 2.05) is 18.5 Å². The Hall–Kier alpha value is -1.23. The molecule has 2 rings (SSSR count). The minimum Gasteiger partial charge on any atom is -0.326 e. The lowest BCUT2D eigenvalue weighted by Gasteiger charge is -2.34. The van der Waals surface area contributed by atoms with Crippen molar-refractivity contribution in [3.8, 4) is 0 Å². The van der Waals surface area contributed by atoms with Gasteiger partial charge in [-0.2, -0.15) is 0 Å². The molecule has 0 aliphatic rings. The number of nitrogens with two attached hydrogens (primary N) is 1. The highest BCUT2D eigenvalue weighted by Gasteiger charge is 2.24. The molecule has 0 saturated carbocycles. The van der Waals surface area contributed by atoms with Crippen LogP contribution in [-0.4, -0.2) is 22.5 Å². The molecule has 0 aliphatic carbocycles. The van der Waals surface area contributed by atoms with Crippen LogP contribution in [0.4, 0.5) is 0 Å². The summed E-state index contributed by atoms with van der Waals surface area (Å²) >= 11 is 3.66. The molecule has 0 fully saturated rings. The molecule has 0 radical (unpaired) electrons. The molecule has 21 heavy (non-hydrogen) atoms. The lowest BCUT2D eigenvalue weighted by molar-refractivity contribution is 0.176. The molecule has 1 heterocycles. The van der Waals surface area contributed by atoms with Crippen molar-refractivity contribution in [1.82, 2.24) is 9.88 Å². The maximum atomic E-state index is 6.29. The zero-order valence-electron chi connectivity index (χ0n) is 12.5. The smallest absolute Gasteiger partial charge is 0.0511 e. The van der Waals surface area contributed by atoms with Gasteiger partial charge in [-0.3, -0.25) is 9.88 Å². The molecule has 2 atom stereocenters. The van der Waals surface area contributed by atoms with Gasteiger partial charge < -0.3 is 5.73 Å². The van der Waals surface area contributed by atoms with E-state index >= 15 is 0 Å². The monoisotopic (exact) mass is 347 g/mol. The van der Waals surface area contributed by atoms with Gasteiger partial charge in [0.25, 0.3) is 0 Å². The van der Waals surface area contributed by atoms with Crippen molar-refractivity contribution in [3.05, 3.63) is 64.4 Å². The third kappa shape index (κ3) is 4.13. The molecule has 2 N–H and O–H groups in total. The highest BCUT2D eigenvalue weighted by atomic mass is 79.9. The van der Waals surface area contributed by atoms with Gasteiger partial charge >= 0.3 is 0 Å². The number of nitrogens with zero attached hydrogens (tertiary/aromatic N) is 2. The van der Waals surface area contributed by atoms with Crippen LogP contribution in [0.3, 0.4) is 0 Å². The van der Waals surface area contributed by atoms with Gasteiger partial charge in [0.2, 0.25) is 0 Å². The summed E-state index contributed by atoms with van der Waals surface area (Å²) in [5.41, 5.74) is 8.79. The lowest BCUT2D eigenvalue weighted by Crippen LogP contribution is -2.39. The van der Waals surface area contributed by atoms with Crippen LogP contribution in [0.25, 0.3) is 0 Å². The Bertz CT molecular complexity index is 557. The van der Waals surface area contributed by atoms with Crippen molar-refractivity contribution in [2.45, 2.75) is 32.5 Å². The molecule has 4 heteroatoms. The van der Waals surface area contributed by atoms with Crippen LogP contribution in [0.15, 0.2) is 53.3 Å². The van der Waals surface area contributed by atoms with E-state index < -0.39 is 0 Å². The van der Waals surface area contributed by atoms with E-state index in [0.29, 0.717) is 0 Å². The number of pyridine rings is 1. The number of hydrogen-bond donors (Lipinski definition) is 1. The van der Waals surface area contributed by atoms with E-state index in [0.717, 1.165) is 17.6 Å². The number of hydrogen-bond acceptors (Lipinski definition) is 3. The zero-order valence-corrected chi connectivity index (χ0v) is 14.1. The predicted molar refractivity (Wildman–Crippen MR) is 90.9 cm³/mol. The Kier molecular flexibility index (Phi) is 5.91. The zero-order chi connectivity index (χ0) is 15.2. The van der Waals surface area contributed by atoms with E-state index in [9.17, 15) is 0 Å². The molecule has 112 valence electrons. The number of halogens is 1. The summed E-state index contributed by atoms with van der Waals surface area (Å²) in [6, 6.07) is 12.7. The summed E-state index contributed by atoms with van der Waals surface area (Å²) in [4.78, 5) is 6.48. The standard InChI is InChI=1S/C17H22BrN3/c1-3-21(12-14-8-10-20-11-9-14)17(13(2)19)15-6-4-5-7-16(15)18/h4-11,13,17H,3,12,19H2,1-2H3. The first kappa shape index (κ1) is 16.1. The molecule has 0 spiro atoms. The summed E-state index contributed by atoms with van der Waals surface area (Å²) in [5, 5.41) is 0. The van der Waals surface area contributed by atoms with Gasteiger partial charge in [-0.25, -0.2) is 0 Å². The van der Waals surface area contributed by atoms with E-state index in [-0.39, 0.29) is 12.1 Å². The second-order valence-electron chi connectivity index (χ2n) is 5.24. The quantitative estimate of drug-likeness (QED) is 0.864. The molecule has 0 saturated heterocycles. The fourth-order valence-corrected chi connectivity index (χ4v) is 3.18. The Morgan fingerprint density at radius 1 is 1.19 bits per heavy atom. The highest BCUT2D eigenvalue weighted by Crippen LogP contribution is 2.30. The Balaban J connectivity index is 2.29. The molecular formula is C17H22BrN3. The third-order valence-corrected chi connectivity index (χ3v) is 4.38. The van der Waals surface area contributed by atoms with Crippen molar-refractivity contribution in [2.75, 3.05) is 6.54 Å². The van der Waals surface area contributed by atoms with Gasteiger partial charge in [-0.05, 0) is 42.8 Å². The normalized spacial score (nSPS) is 14.1. The SMILES string of the molecule is CCN(Cc1ccncc1)C(c1ccccc1Br)C(C)N. The third-order valence-electron chi connectivity index (χ3n) is 3.66. The van der Waals surface area contributed by atoms with Crippen LogP contribution in [0.1, 0.15) is 31.0 Å². The first-order valence-electron chi connectivity index (χ1n) is 7.26.